The third-order valence-electron chi connectivity index (χ3n) is 7.11. The van der Waals surface area contributed by atoms with Crippen molar-refractivity contribution in [3.05, 3.63) is 99.6 Å². The number of hydrogen-bond acceptors (Lipinski definition) is 7. The Hall–Kier alpha value is -4.70. The van der Waals surface area contributed by atoms with Crippen molar-refractivity contribution < 1.29 is 23.4 Å². The molecule has 1 unspecified atom stereocenters. The lowest BCUT2D eigenvalue weighted by Crippen LogP contribution is -2.21. The highest BCUT2D eigenvalue weighted by molar-refractivity contribution is 5.98. The molecule has 1 atom stereocenters. The largest absolute Gasteiger partial charge is 0.494 e. The van der Waals surface area contributed by atoms with Gasteiger partial charge in [0.1, 0.15) is 34.5 Å². The smallest absolute Gasteiger partial charge is 0.379 e. The van der Waals surface area contributed by atoms with E-state index < -0.39 is 11.9 Å². The summed E-state index contributed by atoms with van der Waals surface area (Å²) in [5.41, 5.74) is 11.5. The fourth-order valence-corrected chi connectivity index (χ4v) is 5.18. The van der Waals surface area contributed by atoms with Crippen LogP contribution in [0.15, 0.2) is 70.5 Å². The Bertz CT molecular complexity index is 1690. The Morgan fingerprint density at radius 1 is 1.07 bits per heavy atom. The number of allylic oxidation sites excluding steroid dienone is 1. The second kappa shape index (κ2) is 10.8. The van der Waals surface area contributed by atoms with E-state index in [-0.39, 0.29) is 17.4 Å². The van der Waals surface area contributed by atoms with Crippen molar-refractivity contribution in [3.63, 3.8) is 0 Å². The van der Waals surface area contributed by atoms with Gasteiger partial charge in [0.2, 0.25) is 11.6 Å². The van der Waals surface area contributed by atoms with Crippen molar-refractivity contribution in [2.75, 3.05) is 6.61 Å². The SMILES string of the molecule is Cc1cc(C)c2c(C)c(C(=O)Oc3ccc4c(c3)OC(N)=C(C#N)C4c3cccc(OCCC(C)C)c3)oc2c1. The molecule has 2 heterocycles. The number of aryl methyl sites for hydroxylation is 3. The Balaban J connectivity index is 1.44. The minimum Gasteiger partial charge on any atom is -0.494 e. The number of benzene rings is 3. The summed E-state index contributed by atoms with van der Waals surface area (Å²) in [6.07, 6.45) is 0.939. The summed E-state index contributed by atoms with van der Waals surface area (Å²) in [6, 6.07) is 18.9. The number of hydrogen-bond donors (Lipinski definition) is 1. The number of furan rings is 1. The van der Waals surface area contributed by atoms with Gasteiger partial charge in [-0.1, -0.05) is 38.1 Å². The fraction of sp³-hybridized carbons (Fsp3) is 0.273. The molecule has 3 aromatic carbocycles. The lowest BCUT2D eigenvalue weighted by atomic mass is 9.83. The zero-order chi connectivity index (χ0) is 28.6. The van der Waals surface area contributed by atoms with Crippen LogP contribution in [0.5, 0.6) is 17.2 Å². The van der Waals surface area contributed by atoms with E-state index in [9.17, 15) is 10.1 Å². The molecular weight excluding hydrogens is 504 g/mol. The molecule has 7 nitrogen and oxygen atoms in total. The van der Waals surface area contributed by atoms with Crippen molar-refractivity contribution in [2.45, 2.75) is 47.0 Å². The first kappa shape index (κ1) is 26.9. The first-order valence-corrected chi connectivity index (χ1v) is 13.3. The third kappa shape index (κ3) is 5.13. The van der Waals surface area contributed by atoms with Gasteiger partial charge >= 0.3 is 5.97 Å². The number of nitrogens with two attached hydrogens (primary N) is 1. The molecule has 1 aromatic heterocycles. The standard InChI is InChI=1S/C33H32N2O5/c1-18(2)11-12-37-23-8-6-7-22(15-23)30-25-10-9-24(16-27(25)40-32(35)26(30)17-34)38-33(36)31-21(5)29-20(4)13-19(3)14-28(29)39-31/h6-10,13-16,18,30H,11-12,35H2,1-5H3. The molecule has 204 valence electrons. The van der Waals surface area contributed by atoms with Crippen molar-refractivity contribution >= 4 is 16.9 Å². The number of nitriles is 1. The Kier molecular flexibility index (Phi) is 7.27. The number of carbonyl (C=O) groups is 1. The molecule has 0 amide bonds. The fourth-order valence-electron chi connectivity index (χ4n) is 5.18. The summed E-state index contributed by atoms with van der Waals surface area (Å²) in [5.74, 6) is 1.03. The van der Waals surface area contributed by atoms with Crippen molar-refractivity contribution in [1.29, 1.82) is 5.26 Å². The molecule has 0 radical (unpaired) electrons. The predicted molar refractivity (Wildman–Crippen MR) is 153 cm³/mol. The first-order valence-electron chi connectivity index (χ1n) is 13.3. The minimum atomic E-state index is -0.606. The summed E-state index contributed by atoms with van der Waals surface area (Å²) in [7, 11) is 0. The van der Waals surface area contributed by atoms with Gasteiger partial charge in [0.25, 0.3) is 0 Å². The second-order valence-electron chi connectivity index (χ2n) is 10.6. The van der Waals surface area contributed by atoms with E-state index >= 15 is 0 Å². The monoisotopic (exact) mass is 536 g/mol. The average molecular weight is 537 g/mol. The number of fused-ring (bicyclic) bond motifs is 2. The van der Waals surface area contributed by atoms with Crippen LogP contribution in [0, 0.1) is 38.0 Å². The van der Waals surface area contributed by atoms with Crippen LogP contribution >= 0.6 is 0 Å². The maximum absolute atomic E-state index is 13.1. The number of carbonyl (C=O) groups excluding carboxylic acids is 1. The molecule has 7 heteroatoms. The summed E-state index contributed by atoms with van der Waals surface area (Å²) in [5, 5.41) is 10.8. The van der Waals surface area contributed by atoms with E-state index in [4.69, 9.17) is 24.4 Å². The Labute approximate surface area is 233 Å². The van der Waals surface area contributed by atoms with Crippen molar-refractivity contribution in [1.82, 2.24) is 0 Å². The number of ether oxygens (including phenoxy) is 3. The summed E-state index contributed by atoms with van der Waals surface area (Å²) < 4.78 is 23.4. The molecule has 0 aliphatic carbocycles. The van der Waals surface area contributed by atoms with Crippen molar-refractivity contribution in [2.24, 2.45) is 11.7 Å². The second-order valence-corrected chi connectivity index (χ2v) is 10.6. The number of nitrogens with zero attached hydrogens (tertiary/aromatic N) is 1. The molecule has 2 N–H and O–H groups in total. The van der Waals surface area contributed by atoms with Crippen molar-refractivity contribution in [3.8, 4) is 23.3 Å². The van der Waals surface area contributed by atoms with Gasteiger partial charge in [0.05, 0.1) is 12.5 Å². The highest BCUT2D eigenvalue weighted by atomic mass is 16.5. The van der Waals surface area contributed by atoms with Gasteiger partial charge in [0.15, 0.2) is 0 Å². The van der Waals surface area contributed by atoms with Crippen LogP contribution in [0.1, 0.15) is 64.6 Å². The first-order chi connectivity index (χ1) is 19.2. The van der Waals surface area contributed by atoms with E-state index in [2.05, 4.69) is 26.0 Å². The zero-order valence-corrected chi connectivity index (χ0v) is 23.3. The van der Waals surface area contributed by atoms with Crippen LogP contribution in [0.3, 0.4) is 0 Å². The molecule has 40 heavy (non-hydrogen) atoms. The highest BCUT2D eigenvalue weighted by Gasteiger charge is 2.31. The van der Waals surface area contributed by atoms with Crippen LogP contribution < -0.4 is 19.9 Å². The normalized spacial score (nSPS) is 14.6. The van der Waals surface area contributed by atoms with Crippen LogP contribution in [0.4, 0.5) is 0 Å². The van der Waals surface area contributed by atoms with Crippen LogP contribution in [-0.2, 0) is 0 Å². The van der Waals surface area contributed by atoms with Gasteiger partial charge < -0.3 is 24.4 Å². The van der Waals surface area contributed by atoms with Gasteiger partial charge in [0, 0.05) is 22.6 Å². The summed E-state index contributed by atoms with van der Waals surface area (Å²) in [4.78, 5) is 13.1. The van der Waals surface area contributed by atoms with Gasteiger partial charge in [-0.3, -0.25) is 0 Å². The lowest BCUT2D eigenvalue weighted by molar-refractivity contribution is 0.0702. The highest BCUT2D eigenvalue weighted by Crippen LogP contribution is 2.44. The summed E-state index contributed by atoms with van der Waals surface area (Å²) >= 11 is 0. The van der Waals surface area contributed by atoms with E-state index in [0.29, 0.717) is 29.4 Å². The predicted octanol–water partition coefficient (Wildman–Crippen LogP) is 7.22. The molecule has 0 bridgehead atoms. The van der Waals surface area contributed by atoms with E-state index in [1.54, 1.807) is 18.2 Å². The lowest BCUT2D eigenvalue weighted by Gasteiger charge is -2.27. The molecular formula is C33H32N2O5. The molecule has 0 fully saturated rings. The average Bonchev–Trinajstić information content (AvgIpc) is 3.24. The topological polar surface area (TPSA) is 108 Å². The number of rotatable bonds is 7. The maximum Gasteiger partial charge on any atom is 0.379 e. The quantitative estimate of drug-likeness (QED) is 0.196. The van der Waals surface area contributed by atoms with E-state index in [0.717, 1.165) is 45.4 Å². The molecule has 0 saturated carbocycles. The van der Waals surface area contributed by atoms with Gasteiger partial charge in [-0.05, 0) is 74.1 Å². The Morgan fingerprint density at radius 2 is 1.88 bits per heavy atom. The number of esters is 1. The molecule has 0 saturated heterocycles. The third-order valence-corrected chi connectivity index (χ3v) is 7.11. The molecule has 5 rings (SSSR count). The molecule has 4 aromatic rings. The molecule has 1 aliphatic heterocycles. The summed E-state index contributed by atoms with van der Waals surface area (Å²) in [6.45, 7) is 10.7. The van der Waals surface area contributed by atoms with E-state index in [1.807, 2.05) is 51.1 Å². The zero-order valence-electron chi connectivity index (χ0n) is 23.3. The minimum absolute atomic E-state index is 0.00794. The Morgan fingerprint density at radius 3 is 2.62 bits per heavy atom. The molecule has 0 spiro atoms. The molecule has 1 aliphatic rings. The van der Waals surface area contributed by atoms with Crippen LogP contribution in [0.25, 0.3) is 11.0 Å². The van der Waals surface area contributed by atoms with Crippen LogP contribution in [-0.4, -0.2) is 12.6 Å². The van der Waals surface area contributed by atoms with Gasteiger partial charge in [-0.25, -0.2) is 4.79 Å². The maximum atomic E-state index is 13.1. The van der Waals surface area contributed by atoms with Gasteiger partial charge in [-0.2, -0.15) is 5.26 Å². The van der Waals surface area contributed by atoms with E-state index in [1.165, 1.54) is 0 Å². The van der Waals surface area contributed by atoms with Gasteiger partial charge in [-0.15, -0.1) is 0 Å². The van der Waals surface area contributed by atoms with Crippen LogP contribution in [0.2, 0.25) is 0 Å².